The Bertz CT molecular complexity index is 1360. The topological polar surface area (TPSA) is 169 Å². The number of rotatable bonds is 46. The number of carboxylic acids is 1. The van der Waals surface area contributed by atoms with Crippen LogP contribution in [0.1, 0.15) is 206 Å². The number of aliphatic hydroxyl groups is 1. The zero-order chi connectivity index (χ0) is 47.0. The number of aliphatic carboxylic acids is 1. The van der Waals surface area contributed by atoms with Crippen molar-refractivity contribution < 1.29 is 47.8 Å². The molecule has 0 saturated carbocycles. The molecule has 11 nitrogen and oxygen atoms in total. The Morgan fingerprint density at radius 2 is 0.891 bits per heavy atom. The Labute approximate surface area is 389 Å². The van der Waals surface area contributed by atoms with E-state index in [1.165, 1.54) is 109 Å². The Morgan fingerprint density at radius 1 is 0.516 bits per heavy atom. The van der Waals surface area contributed by atoms with Crippen LogP contribution in [0.2, 0.25) is 0 Å². The highest BCUT2D eigenvalue weighted by atomic mass is 31.2. The number of ether oxygens (including phenoxy) is 1. The maximum atomic E-state index is 12.4. The summed E-state index contributed by atoms with van der Waals surface area (Å²) in [6.07, 6.45) is 56.5. The van der Waals surface area contributed by atoms with Crippen LogP contribution in [0, 0.1) is 0 Å². The molecule has 64 heavy (non-hydrogen) atoms. The fourth-order valence-corrected chi connectivity index (χ4v) is 7.47. The maximum Gasteiger partial charge on any atom is 0.472 e. The molecule has 0 heterocycles. The SMILES string of the molecule is CC/C=C\C/C=C\C/C=C\C/C=C\C/C=C\C/C=C\CCC(=O)OCC(O)COP(=O)(O)OCC(NC(=O)CCCCCCCCCCCCCCCCCCCCCCC)C(=O)O. The van der Waals surface area contributed by atoms with E-state index in [-0.39, 0.29) is 12.8 Å². The summed E-state index contributed by atoms with van der Waals surface area (Å²) in [6.45, 7) is 2.43. The number of carbonyl (C=O) groups is 3. The minimum absolute atomic E-state index is 0.0965. The molecule has 0 aliphatic heterocycles. The lowest BCUT2D eigenvalue weighted by Crippen LogP contribution is -2.43. The van der Waals surface area contributed by atoms with Gasteiger partial charge in [-0.3, -0.25) is 18.6 Å². The van der Waals surface area contributed by atoms with Gasteiger partial charge in [0.25, 0.3) is 0 Å². The molecule has 0 aromatic carbocycles. The number of carboxylic acid groups (broad SMARTS) is 1. The van der Waals surface area contributed by atoms with E-state index in [4.69, 9.17) is 13.8 Å². The van der Waals surface area contributed by atoms with E-state index in [0.29, 0.717) is 12.8 Å². The van der Waals surface area contributed by atoms with Gasteiger partial charge in [0.15, 0.2) is 6.04 Å². The molecule has 1 amide bonds. The van der Waals surface area contributed by atoms with Crippen molar-refractivity contribution in [1.82, 2.24) is 5.32 Å². The molecule has 368 valence electrons. The van der Waals surface area contributed by atoms with E-state index in [0.717, 1.165) is 57.8 Å². The molecule has 3 unspecified atom stereocenters. The fourth-order valence-electron chi connectivity index (χ4n) is 6.70. The zero-order valence-corrected chi connectivity index (χ0v) is 41.0. The minimum Gasteiger partial charge on any atom is -0.480 e. The third kappa shape index (κ3) is 45.5. The first-order valence-corrected chi connectivity index (χ1v) is 26.5. The van der Waals surface area contributed by atoms with Crippen LogP contribution in [0.3, 0.4) is 0 Å². The summed E-state index contributed by atoms with van der Waals surface area (Å²) in [7, 11) is -4.78. The molecule has 0 aromatic heterocycles. The number of carbonyl (C=O) groups excluding carboxylic acids is 2. The van der Waals surface area contributed by atoms with Crippen LogP contribution in [0.15, 0.2) is 72.9 Å². The van der Waals surface area contributed by atoms with Gasteiger partial charge in [-0.15, -0.1) is 0 Å². The van der Waals surface area contributed by atoms with Gasteiger partial charge in [0.1, 0.15) is 12.7 Å². The van der Waals surface area contributed by atoms with Crippen LogP contribution in [-0.4, -0.2) is 64.9 Å². The molecule has 0 aromatic rings. The summed E-state index contributed by atoms with van der Waals surface area (Å²) in [5.41, 5.74) is 0. The molecule has 4 N–H and O–H groups in total. The van der Waals surface area contributed by atoms with Gasteiger partial charge in [0.2, 0.25) is 5.91 Å². The Morgan fingerprint density at radius 3 is 1.30 bits per heavy atom. The first kappa shape index (κ1) is 60.9. The van der Waals surface area contributed by atoms with Gasteiger partial charge < -0.3 is 25.2 Å². The smallest absolute Gasteiger partial charge is 0.472 e. The molecular formula is C52H90NO10P. The Kier molecular flexibility index (Phi) is 44.2. The predicted octanol–water partition coefficient (Wildman–Crippen LogP) is 13.7. The second-order valence-electron chi connectivity index (χ2n) is 16.6. The molecule has 3 atom stereocenters. The molecule has 0 spiro atoms. The molecule has 0 aliphatic carbocycles. The van der Waals surface area contributed by atoms with Crippen molar-refractivity contribution in [2.45, 2.75) is 219 Å². The lowest BCUT2D eigenvalue weighted by molar-refractivity contribution is -0.147. The van der Waals surface area contributed by atoms with Crippen LogP contribution in [0.4, 0.5) is 0 Å². The fraction of sp³-hybridized carbons (Fsp3) is 0.712. The van der Waals surface area contributed by atoms with Crippen molar-refractivity contribution in [3.8, 4) is 0 Å². The summed E-state index contributed by atoms with van der Waals surface area (Å²) in [4.78, 5) is 46.1. The van der Waals surface area contributed by atoms with Crippen LogP contribution >= 0.6 is 7.82 Å². The predicted molar refractivity (Wildman–Crippen MR) is 263 cm³/mol. The quantitative estimate of drug-likeness (QED) is 0.0200. The highest BCUT2D eigenvalue weighted by Crippen LogP contribution is 2.43. The number of unbranched alkanes of at least 4 members (excludes halogenated alkanes) is 20. The standard InChI is InChI=1S/C52H90NO10P/c1-3-5-7-9-11-13-15-17-19-21-23-24-26-27-29-31-33-35-37-39-41-43-50(55)53-49(52(57)58)47-63-64(59,60)62-46-48(54)45-61-51(56)44-42-40-38-36-34-32-30-28-25-22-20-18-16-14-12-10-8-6-4-2/h6,8,12,14,18,20,25,28,32,34,38,40,48-49,54H,3-5,7,9-11,13,15-17,19,21-24,26-27,29-31,33,35-37,39,41-47H2,1-2H3,(H,53,55)(H,57,58)(H,59,60)/b8-6-,14-12-,20-18-,28-25-,34-32-,40-38-. The van der Waals surface area contributed by atoms with Crippen molar-refractivity contribution in [3.05, 3.63) is 72.9 Å². The van der Waals surface area contributed by atoms with Gasteiger partial charge in [0, 0.05) is 12.8 Å². The summed E-state index contributed by atoms with van der Waals surface area (Å²) in [6, 6.07) is -1.56. The highest BCUT2D eigenvalue weighted by molar-refractivity contribution is 7.47. The van der Waals surface area contributed by atoms with Gasteiger partial charge in [-0.2, -0.15) is 0 Å². The lowest BCUT2D eigenvalue weighted by atomic mass is 10.0. The maximum absolute atomic E-state index is 12.4. The zero-order valence-electron chi connectivity index (χ0n) is 40.1. The second-order valence-corrected chi connectivity index (χ2v) is 18.1. The normalized spacial score (nSPS) is 14.2. The molecule has 0 aliphatic rings. The highest BCUT2D eigenvalue weighted by Gasteiger charge is 2.28. The van der Waals surface area contributed by atoms with Gasteiger partial charge in [-0.05, 0) is 51.4 Å². The summed E-state index contributed by atoms with van der Waals surface area (Å²) >= 11 is 0. The first-order valence-electron chi connectivity index (χ1n) is 25.0. The van der Waals surface area contributed by atoms with Gasteiger partial charge in [-0.1, -0.05) is 215 Å². The summed E-state index contributed by atoms with van der Waals surface area (Å²) < 4.78 is 26.9. The Hall–Kier alpha value is -3.08. The summed E-state index contributed by atoms with van der Waals surface area (Å²) in [5, 5.41) is 21.9. The third-order valence-corrected chi connectivity index (χ3v) is 11.5. The van der Waals surface area contributed by atoms with E-state index in [1.54, 1.807) is 0 Å². The Balaban J connectivity index is 3.92. The number of phosphoric acid groups is 1. The van der Waals surface area contributed by atoms with Crippen LogP contribution < -0.4 is 5.32 Å². The largest absolute Gasteiger partial charge is 0.480 e. The van der Waals surface area contributed by atoms with E-state index >= 15 is 0 Å². The van der Waals surface area contributed by atoms with Crippen LogP contribution in [0.25, 0.3) is 0 Å². The molecule has 12 heteroatoms. The van der Waals surface area contributed by atoms with Crippen molar-refractivity contribution in [3.63, 3.8) is 0 Å². The average molecular weight is 920 g/mol. The van der Waals surface area contributed by atoms with Crippen LogP contribution in [0.5, 0.6) is 0 Å². The molecule has 0 saturated heterocycles. The van der Waals surface area contributed by atoms with Crippen molar-refractivity contribution >= 4 is 25.7 Å². The monoisotopic (exact) mass is 920 g/mol. The molecular weight excluding hydrogens is 830 g/mol. The number of hydrogen-bond donors (Lipinski definition) is 4. The van der Waals surface area contributed by atoms with E-state index < -0.39 is 57.6 Å². The van der Waals surface area contributed by atoms with Crippen molar-refractivity contribution in [1.29, 1.82) is 0 Å². The summed E-state index contributed by atoms with van der Waals surface area (Å²) in [5.74, 6) is -2.46. The van der Waals surface area contributed by atoms with Gasteiger partial charge in [0.05, 0.1) is 13.2 Å². The number of nitrogens with one attached hydrogen (secondary N) is 1. The molecule has 0 rings (SSSR count). The number of phosphoric ester groups is 1. The molecule has 0 radical (unpaired) electrons. The van der Waals surface area contributed by atoms with E-state index in [2.05, 4.69) is 79.9 Å². The molecule has 0 bridgehead atoms. The van der Waals surface area contributed by atoms with Crippen LogP contribution in [-0.2, 0) is 32.7 Å². The van der Waals surface area contributed by atoms with E-state index in [9.17, 15) is 34.1 Å². The molecule has 0 fully saturated rings. The number of aliphatic hydroxyl groups excluding tert-OH is 1. The first-order chi connectivity index (χ1) is 31.1. The second kappa shape index (κ2) is 46.4. The van der Waals surface area contributed by atoms with Gasteiger partial charge in [-0.25, -0.2) is 9.36 Å². The third-order valence-electron chi connectivity index (χ3n) is 10.5. The number of allylic oxidation sites excluding steroid dienone is 12. The van der Waals surface area contributed by atoms with Gasteiger partial charge >= 0.3 is 19.8 Å². The number of hydrogen-bond acceptors (Lipinski definition) is 8. The average Bonchev–Trinajstić information content (AvgIpc) is 3.27. The number of esters is 1. The lowest BCUT2D eigenvalue weighted by Gasteiger charge is -2.18. The minimum atomic E-state index is -4.78. The van der Waals surface area contributed by atoms with Crippen molar-refractivity contribution in [2.75, 3.05) is 19.8 Å². The number of amides is 1. The van der Waals surface area contributed by atoms with Crippen molar-refractivity contribution in [2.24, 2.45) is 0 Å². The van der Waals surface area contributed by atoms with E-state index in [1.807, 2.05) is 12.2 Å².